The van der Waals surface area contributed by atoms with Crippen LogP contribution in [0.4, 0.5) is 0 Å². The van der Waals surface area contributed by atoms with Crippen molar-refractivity contribution in [3.05, 3.63) is 0 Å². The molecule has 1 atom stereocenters. The summed E-state index contributed by atoms with van der Waals surface area (Å²) in [5.41, 5.74) is 0. The molecule has 0 spiro atoms. The van der Waals surface area contributed by atoms with E-state index in [0.717, 1.165) is 19.5 Å². The third-order valence-corrected chi connectivity index (χ3v) is 5.13. The molecule has 1 fully saturated rings. The van der Waals surface area contributed by atoms with Crippen LogP contribution >= 0.6 is 0 Å². The zero-order chi connectivity index (χ0) is 13.1. The van der Waals surface area contributed by atoms with E-state index in [4.69, 9.17) is 0 Å². The predicted octanol–water partition coefficient (Wildman–Crippen LogP) is 0.882. The molecule has 0 saturated carbocycles. The van der Waals surface area contributed by atoms with Crippen LogP contribution in [-0.4, -0.2) is 56.0 Å². The van der Waals surface area contributed by atoms with E-state index in [9.17, 15) is 8.42 Å². The van der Waals surface area contributed by atoms with Gasteiger partial charge in [0.1, 0.15) is 0 Å². The molecule has 0 bridgehead atoms. The Balaban J connectivity index is 2.28. The summed E-state index contributed by atoms with van der Waals surface area (Å²) in [5.74, 6) is 0.666. The summed E-state index contributed by atoms with van der Waals surface area (Å²) >= 11 is 0. The number of sulfone groups is 1. The minimum Gasteiger partial charge on any atom is -0.312 e. The van der Waals surface area contributed by atoms with Gasteiger partial charge in [0.05, 0.1) is 11.5 Å². The van der Waals surface area contributed by atoms with Crippen LogP contribution in [0.2, 0.25) is 0 Å². The Morgan fingerprint density at radius 2 is 1.82 bits per heavy atom. The molecule has 0 aromatic heterocycles. The first-order chi connectivity index (χ1) is 7.82. The lowest BCUT2D eigenvalue weighted by Gasteiger charge is -2.30. The van der Waals surface area contributed by atoms with Gasteiger partial charge in [0.2, 0.25) is 0 Å². The van der Waals surface area contributed by atoms with E-state index >= 15 is 0 Å². The number of nitrogens with one attached hydrogen (secondary N) is 1. The fraction of sp³-hybridized carbons (Fsp3) is 1.00. The van der Waals surface area contributed by atoms with Crippen LogP contribution in [-0.2, 0) is 9.84 Å². The van der Waals surface area contributed by atoms with Gasteiger partial charge in [-0.3, -0.25) is 4.90 Å². The molecule has 0 amide bonds. The minimum absolute atomic E-state index is 0.168. The summed E-state index contributed by atoms with van der Waals surface area (Å²) in [6.45, 7) is 10.6. The van der Waals surface area contributed by atoms with Crippen LogP contribution in [0, 0.1) is 0 Å². The van der Waals surface area contributed by atoms with Crippen LogP contribution in [0.5, 0.6) is 0 Å². The largest absolute Gasteiger partial charge is 0.312 e. The number of nitrogens with zero attached hydrogens (tertiary/aromatic N) is 1. The highest BCUT2D eigenvalue weighted by Gasteiger charge is 2.27. The van der Waals surface area contributed by atoms with Crippen molar-refractivity contribution in [2.75, 3.05) is 24.6 Å². The van der Waals surface area contributed by atoms with E-state index in [0.29, 0.717) is 23.6 Å². The molecule has 1 saturated heterocycles. The lowest BCUT2D eigenvalue weighted by Crippen LogP contribution is -2.43. The Kier molecular flexibility index (Phi) is 5.41. The highest BCUT2D eigenvalue weighted by Crippen LogP contribution is 2.11. The monoisotopic (exact) mass is 262 g/mol. The number of hydrogen-bond acceptors (Lipinski definition) is 4. The standard InChI is InChI=1S/C12H26N2O2S/c1-10(2)14(11(3)4)7-6-13-12-5-8-17(15,16)9-12/h10-13H,5-9H2,1-4H3/t12-/m1/s1. The second kappa shape index (κ2) is 6.16. The first-order valence-corrected chi connectivity index (χ1v) is 8.33. The van der Waals surface area contributed by atoms with E-state index in [1.54, 1.807) is 0 Å². The molecule has 0 unspecified atom stereocenters. The molecule has 1 rings (SSSR count). The maximum atomic E-state index is 11.3. The van der Waals surface area contributed by atoms with E-state index in [1.807, 2.05) is 0 Å². The van der Waals surface area contributed by atoms with Gasteiger partial charge in [0, 0.05) is 31.2 Å². The van der Waals surface area contributed by atoms with E-state index in [1.165, 1.54) is 0 Å². The lowest BCUT2D eigenvalue weighted by atomic mass is 10.2. The van der Waals surface area contributed by atoms with Gasteiger partial charge in [0.25, 0.3) is 0 Å². The number of rotatable bonds is 6. The summed E-state index contributed by atoms with van der Waals surface area (Å²) in [6.07, 6.45) is 0.770. The molecule has 0 aromatic carbocycles. The maximum absolute atomic E-state index is 11.3. The molecule has 4 nitrogen and oxygen atoms in total. The Morgan fingerprint density at radius 3 is 2.24 bits per heavy atom. The molecule has 1 aliphatic rings. The Bertz CT molecular complexity index is 317. The van der Waals surface area contributed by atoms with Crippen molar-refractivity contribution in [1.29, 1.82) is 0 Å². The maximum Gasteiger partial charge on any atom is 0.151 e. The third-order valence-electron chi connectivity index (χ3n) is 3.36. The van der Waals surface area contributed by atoms with Crippen molar-refractivity contribution < 1.29 is 8.42 Å². The molecule has 1 aliphatic heterocycles. The lowest BCUT2D eigenvalue weighted by molar-refractivity contribution is 0.174. The van der Waals surface area contributed by atoms with E-state index in [2.05, 4.69) is 37.9 Å². The zero-order valence-electron chi connectivity index (χ0n) is 11.4. The molecule has 5 heteroatoms. The molecule has 1 N–H and O–H groups in total. The van der Waals surface area contributed by atoms with Gasteiger partial charge in [-0.1, -0.05) is 0 Å². The van der Waals surface area contributed by atoms with Crippen molar-refractivity contribution in [1.82, 2.24) is 10.2 Å². The molecule has 17 heavy (non-hydrogen) atoms. The van der Waals surface area contributed by atoms with Gasteiger partial charge >= 0.3 is 0 Å². The van der Waals surface area contributed by atoms with E-state index in [-0.39, 0.29) is 6.04 Å². The molecule has 102 valence electrons. The van der Waals surface area contributed by atoms with Gasteiger partial charge in [-0.05, 0) is 34.1 Å². The van der Waals surface area contributed by atoms with Gasteiger partial charge in [-0.2, -0.15) is 0 Å². The molecule has 0 aromatic rings. The second-order valence-electron chi connectivity index (χ2n) is 5.48. The number of hydrogen-bond donors (Lipinski definition) is 1. The second-order valence-corrected chi connectivity index (χ2v) is 7.71. The van der Waals surface area contributed by atoms with Crippen molar-refractivity contribution in [2.45, 2.75) is 52.2 Å². The van der Waals surface area contributed by atoms with Crippen molar-refractivity contribution in [2.24, 2.45) is 0 Å². The van der Waals surface area contributed by atoms with Gasteiger partial charge in [-0.25, -0.2) is 8.42 Å². The van der Waals surface area contributed by atoms with Crippen LogP contribution in [0.3, 0.4) is 0 Å². The normalized spacial score (nSPS) is 24.1. The van der Waals surface area contributed by atoms with Crippen molar-refractivity contribution in [3.63, 3.8) is 0 Å². The Morgan fingerprint density at radius 1 is 1.24 bits per heavy atom. The molecular weight excluding hydrogens is 236 g/mol. The average molecular weight is 262 g/mol. The predicted molar refractivity (Wildman–Crippen MR) is 72.0 cm³/mol. The fourth-order valence-corrected chi connectivity index (χ4v) is 4.17. The topological polar surface area (TPSA) is 49.4 Å². The summed E-state index contributed by atoms with van der Waals surface area (Å²) < 4.78 is 22.6. The van der Waals surface area contributed by atoms with Crippen LogP contribution in [0.25, 0.3) is 0 Å². The highest BCUT2D eigenvalue weighted by atomic mass is 32.2. The van der Waals surface area contributed by atoms with Gasteiger partial charge in [-0.15, -0.1) is 0 Å². The molecule has 0 aliphatic carbocycles. The quantitative estimate of drug-likeness (QED) is 0.772. The van der Waals surface area contributed by atoms with Crippen LogP contribution in [0.1, 0.15) is 34.1 Å². The van der Waals surface area contributed by atoms with Gasteiger partial charge in [0.15, 0.2) is 9.84 Å². The van der Waals surface area contributed by atoms with Crippen LogP contribution < -0.4 is 5.32 Å². The first kappa shape index (κ1) is 14.9. The highest BCUT2D eigenvalue weighted by molar-refractivity contribution is 7.91. The fourth-order valence-electron chi connectivity index (χ4n) is 2.47. The summed E-state index contributed by atoms with van der Waals surface area (Å²) in [4.78, 5) is 2.41. The smallest absolute Gasteiger partial charge is 0.151 e. The Hall–Kier alpha value is -0.130. The zero-order valence-corrected chi connectivity index (χ0v) is 12.3. The summed E-state index contributed by atoms with van der Waals surface area (Å²) in [6, 6.07) is 1.23. The molecular formula is C12H26N2O2S. The Labute approximate surface area is 106 Å². The molecule has 0 radical (unpaired) electrons. The minimum atomic E-state index is -2.75. The first-order valence-electron chi connectivity index (χ1n) is 6.51. The molecule has 1 heterocycles. The van der Waals surface area contributed by atoms with Crippen molar-refractivity contribution >= 4 is 9.84 Å². The van der Waals surface area contributed by atoms with Crippen LogP contribution in [0.15, 0.2) is 0 Å². The van der Waals surface area contributed by atoms with Gasteiger partial charge < -0.3 is 5.32 Å². The SMILES string of the molecule is CC(C)N(CCN[C@@H]1CCS(=O)(=O)C1)C(C)C. The summed E-state index contributed by atoms with van der Waals surface area (Å²) in [7, 11) is -2.75. The summed E-state index contributed by atoms with van der Waals surface area (Å²) in [5, 5.41) is 3.36. The third kappa shape index (κ3) is 4.94. The van der Waals surface area contributed by atoms with E-state index < -0.39 is 9.84 Å². The average Bonchev–Trinajstić information content (AvgIpc) is 2.51. The van der Waals surface area contributed by atoms with Crippen molar-refractivity contribution in [3.8, 4) is 0 Å².